The van der Waals surface area contributed by atoms with Crippen molar-refractivity contribution in [1.82, 2.24) is 10.3 Å². The predicted octanol–water partition coefficient (Wildman–Crippen LogP) is 5.60. The van der Waals surface area contributed by atoms with Gasteiger partial charge in [-0.3, -0.25) is 4.79 Å². The molecule has 1 amide bonds. The molecular weight excluding hydrogens is 443 g/mol. The maximum atomic E-state index is 12.4. The van der Waals surface area contributed by atoms with E-state index in [9.17, 15) is 4.79 Å². The monoisotopic (exact) mass is 462 g/mol. The van der Waals surface area contributed by atoms with E-state index in [1.807, 2.05) is 30.3 Å². The van der Waals surface area contributed by atoms with E-state index < -0.39 is 0 Å². The van der Waals surface area contributed by atoms with Gasteiger partial charge in [0.1, 0.15) is 23.1 Å². The maximum absolute atomic E-state index is 12.4. The van der Waals surface area contributed by atoms with Crippen LogP contribution in [0.25, 0.3) is 10.6 Å². The summed E-state index contributed by atoms with van der Waals surface area (Å²) in [4.78, 5) is 16.8. The molecule has 1 N–H and O–H groups in total. The average Bonchev–Trinajstić information content (AvgIpc) is 3.45. The molecule has 1 aromatic heterocycles. The second-order valence-electron chi connectivity index (χ2n) is 6.95. The number of ether oxygens (including phenoxy) is 2. The van der Waals surface area contributed by atoms with Crippen molar-refractivity contribution in [2.45, 2.75) is 25.6 Å². The second kappa shape index (κ2) is 9.79. The van der Waals surface area contributed by atoms with Gasteiger partial charge in [-0.2, -0.15) is 0 Å². The van der Waals surface area contributed by atoms with E-state index in [4.69, 9.17) is 32.7 Å². The van der Waals surface area contributed by atoms with E-state index in [0.29, 0.717) is 34.6 Å². The molecule has 1 aliphatic heterocycles. The smallest absolute Gasteiger partial charge is 0.270 e. The van der Waals surface area contributed by atoms with Crippen molar-refractivity contribution in [3.8, 4) is 16.3 Å². The molecule has 4 rings (SSSR count). The van der Waals surface area contributed by atoms with Gasteiger partial charge in [0.25, 0.3) is 5.91 Å². The lowest BCUT2D eigenvalue weighted by Gasteiger charge is -2.09. The minimum Gasteiger partial charge on any atom is -0.489 e. The van der Waals surface area contributed by atoms with E-state index in [2.05, 4.69) is 10.3 Å². The van der Waals surface area contributed by atoms with Crippen molar-refractivity contribution in [3.05, 3.63) is 69.1 Å². The summed E-state index contributed by atoms with van der Waals surface area (Å²) in [5, 5.41) is 6.44. The molecule has 30 heavy (non-hydrogen) atoms. The number of halogens is 2. The summed E-state index contributed by atoms with van der Waals surface area (Å²) in [5.74, 6) is 0.526. The first-order chi connectivity index (χ1) is 14.6. The molecule has 0 aliphatic carbocycles. The van der Waals surface area contributed by atoms with Crippen molar-refractivity contribution >= 4 is 40.4 Å². The molecule has 1 unspecified atom stereocenters. The van der Waals surface area contributed by atoms with E-state index in [-0.39, 0.29) is 12.0 Å². The summed E-state index contributed by atoms with van der Waals surface area (Å²) in [6, 6.07) is 13.0. The van der Waals surface area contributed by atoms with E-state index in [1.165, 1.54) is 11.3 Å². The summed E-state index contributed by atoms with van der Waals surface area (Å²) in [7, 11) is 0. The molecule has 0 bridgehead atoms. The van der Waals surface area contributed by atoms with Crippen LogP contribution in [0, 0.1) is 0 Å². The quantitative estimate of drug-likeness (QED) is 0.495. The molecule has 5 nitrogen and oxygen atoms in total. The Morgan fingerprint density at radius 3 is 2.93 bits per heavy atom. The van der Waals surface area contributed by atoms with Gasteiger partial charge in [-0.1, -0.05) is 41.4 Å². The number of hydrogen-bond acceptors (Lipinski definition) is 5. The highest BCUT2D eigenvalue weighted by Gasteiger charge is 2.18. The van der Waals surface area contributed by atoms with Gasteiger partial charge < -0.3 is 14.8 Å². The molecule has 3 aromatic rings. The van der Waals surface area contributed by atoms with Crippen LogP contribution in [0.5, 0.6) is 5.75 Å². The zero-order valence-corrected chi connectivity index (χ0v) is 18.4. The highest BCUT2D eigenvalue weighted by Crippen LogP contribution is 2.28. The molecule has 1 aliphatic rings. The van der Waals surface area contributed by atoms with Gasteiger partial charge >= 0.3 is 0 Å². The second-order valence-corrected chi connectivity index (χ2v) is 8.62. The number of benzene rings is 2. The average molecular weight is 463 g/mol. The standard InChI is InChI=1S/C22H20Cl2N2O3S/c23-18-7-6-14(9-19(18)24)12-29-16-4-1-3-15(10-16)22-26-20(13-30-22)21(27)25-11-17-5-2-8-28-17/h1,3-4,6-7,9-10,13,17H,2,5,8,11-12H2,(H,25,27). The first-order valence-electron chi connectivity index (χ1n) is 9.61. The number of nitrogens with one attached hydrogen (secondary N) is 1. The lowest BCUT2D eigenvalue weighted by atomic mass is 10.2. The third kappa shape index (κ3) is 5.32. The molecule has 1 atom stereocenters. The molecule has 1 saturated heterocycles. The maximum Gasteiger partial charge on any atom is 0.270 e. The Morgan fingerprint density at radius 2 is 2.13 bits per heavy atom. The van der Waals surface area contributed by atoms with Crippen LogP contribution in [-0.2, 0) is 11.3 Å². The van der Waals surface area contributed by atoms with Gasteiger partial charge in [0.15, 0.2) is 0 Å². The number of hydrogen-bond donors (Lipinski definition) is 1. The molecule has 2 aromatic carbocycles. The van der Waals surface area contributed by atoms with Crippen LogP contribution in [0.15, 0.2) is 47.8 Å². The molecule has 0 radical (unpaired) electrons. The minimum absolute atomic E-state index is 0.108. The van der Waals surface area contributed by atoms with Gasteiger partial charge in [0.05, 0.1) is 16.1 Å². The first kappa shape index (κ1) is 21.1. The Hall–Kier alpha value is -2.12. The highest BCUT2D eigenvalue weighted by atomic mass is 35.5. The topological polar surface area (TPSA) is 60.5 Å². The Labute approximate surface area is 188 Å². The van der Waals surface area contributed by atoms with Crippen molar-refractivity contribution in [2.24, 2.45) is 0 Å². The summed E-state index contributed by atoms with van der Waals surface area (Å²) < 4.78 is 11.4. The Bertz CT molecular complexity index is 1030. The van der Waals surface area contributed by atoms with Crippen LogP contribution in [0.3, 0.4) is 0 Å². The fraction of sp³-hybridized carbons (Fsp3) is 0.273. The van der Waals surface area contributed by atoms with E-state index in [1.54, 1.807) is 17.5 Å². The number of carbonyl (C=O) groups is 1. The number of carbonyl (C=O) groups excluding carboxylic acids is 1. The first-order valence-corrected chi connectivity index (χ1v) is 11.2. The normalized spacial score (nSPS) is 15.9. The Kier molecular flexibility index (Phi) is 6.89. The third-order valence-electron chi connectivity index (χ3n) is 4.72. The van der Waals surface area contributed by atoms with Gasteiger partial charge in [0.2, 0.25) is 0 Å². The van der Waals surface area contributed by atoms with E-state index >= 15 is 0 Å². The SMILES string of the molecule is O=C(NCC1CCCO1)c1csc(-c2cccc(OCc3ccc(Cl)c(Cl)c3)c2)n1. The molecular formula is C22H20Cl2N2O3S. The van der Waals surface area contributed by atoms with Crippen molar-refractivity contribution in [3.63, 3.8) is 0 Å². The van der Waals surface area contributed by atoms with Crippen LogP contribution in [0.1, 0.15) is 28.9 Å². The number of aromatic nitrogens is 1. The van der Waals surface area contributed by atoms with Gasteiger partial charge in [-0.05, 0) is 42.7 Å². The van der Waals surface area contributed by atoms with Crippen molar-refractivity contribution in [1.29, 1.82) is 0 Å². The van der Waals surface area contributed by atoms with Crippen molar-refractivity contribution in [2.75, 3.05) is 13.2 Å². The summed E-state index contributed by atoms with van der Waals surface area (Å²) in [6.45, 7) is 1.66. The largest absolute Gasteiger partial charge is 0.489 e. The lowest BCUT2D eigenvalue weighted by molar-refractivity contribution is 0.0854. The van der Waals surface area contributed by atoms with Crippen LogP contribution >= 0.6 is 34.5 Å². The number of amides is 1. The van der Waals surface area contributed by atoms with Crippen LogP contribution in [-0.4, -0.2) is 30.1 Å². The van der Waals surface area contributed by atoms with Gasteiger partial charge in [-0.25, -0.2) is 4.98 Å². The molecule has 2 heterocycles. The minimum atomic E-state index is -0.181. The third-order valence-corrected chi connectivity index (χ3v) is 6.35. The molecule has 156 valence electrons. The number of rotatable bonds is 7. The zero-order chi connectivity index (χ0) is 20.9. The van der Waals surface area contributed by atoms with Crippen molar-refractivity contribution < 1.29 is 14.3 Å². The van der Waals surface area contributed by atoms with E-state index in [0.717, 1.165) is 35.6 Å². The highest BCUT2D eigenvalue weighted by molar-refractivity contribution is 7.13. The molecule has 8 heteroatoms. The number of nitrogens with zero attached hydrogens (tertiary/aromatic N) is 1. The van der Waals surface area contributed by atoms with Gasteiger partial charge in [-0.15, -0.1) is 11.3 Å². The lowest BCUT2D eigenvalue weighted by Crippen LogP contribution is -2.31. The van der Waals surface area contributed by atoms with Crippen LogP contribution in [0.4, 0.5) is 0 Å². The fourth-order valence-corrected chi connectivity index (χ4v) is 4.25. The van der Waals surface area contributed by atoms with Gasteiger partial charge in [0, 0.05) is 24.1 Å². The van der Waals surface area contributed by atoms with Crippen LogP contribution in [0.2, 0.25) is 10.0 Å². The fourth-order valence-electron chi connectivity index (χ4n) is 3.13. The number of thiazole rings is 1. The predicted molar refractivity (Wildman–Crippen MR) is 120 cm³/mol. The zero-order valence-electron chi connectivity index (χ0n) is 16.1. The molecule has 0 spiro atoms. The van der Waals surface area contributed by atoms with Crippen LogP contribution < -0.4 is 10.1 Å². The molecule has 0 saturated carbocycles. The Balaban J connectivity index is 1.38. The molecule has 1 fully saturated rings. The Morgan fingerprint density at radius 1 is 1.23 bits per heavy atom. The summed E-state index contributed by atoms with van der Waals surface area (Å²) in [6.07, 6.45) is 2.14. The summed E-state index contributed by atoms with van der Waals surface area (Å²) in [5.41, 5.74) is 2.23. The summed E-state index contributed by atoms with van der Waals surface area (Å²) >= 11 is 13.4.